The van der Waals surface area contributed by atoms with Crippen LogP contribution >= 0.6 is 0 Å². The highest BCUT2D eigenvalue weighted by molar-refractivity contribution is 5.33. The molecule has 0 fully saturated rings. The van der Waals surface area contributed by atoms with Gasteiger partial charge in [-0.1, -0.05) is 6.92 Å². The summed E-state index contributed by atoms with van der Waals surface area (Å²) < 4.78 is 0. The summed E-state index contributed by atoms with van der Waals surface area (Å²) in [7, 11) is 2.03. The standard InChI is InChI=1S/C10H16N2/c1-7-3-8-4-12-6-10(8)9(7)5-11-2/h4,6-7,9,11-12H,3,5H2,1-2H3. The molecule has 2 rings (SSSR count). The largest absolute Gasteiger partial charge is 0.367 e. The first-order chi connectivity index (χ1) is 5.83. The second-order valence-electron chi connectivity index (χ2n) is 3.78. The number of rotatable bonds is 2. The summed E-state index contributed by atoms with van der Waals surface area (Å²) in [4.78, 5) is 3.18. The third-order valence-electron chi connectivity index (χ3n) is 2.92. The molecule has 0 saturated carbocycles. The Labute approximate surface area is 73.4 Å². The lowest BCUT2D eigenvalue weighted by Crippen LogP contribution is -2.19. The van der Waals surface area contributed by atoms with Crippen molar-refractivity contribution in [3.63, 3.8) is 0 Å². The lowest BCUT2D eigenvalue weighted by atomic mass is 9.95. The van der Waals surface area contributed by atoms with Crippen LogP contribution in [0.25, 0.3) is 0 Å². The normalized spacial score (nSPS) is 27.5. The maximum atomic E-state index is 3.26. The summed E-state index contributed by atoms with van der Waals surface area (Å²) >= 11 is 0. The molecule has 1 aliphatic rings. The minimum Gasteiger partial charge on any atom is -0.367 e. The first-order valence-corrected chi connectivity index (χ1v) is 4.63. The van der Waals surface area contributed by atoms with Gasteiger partial charge >= 0.3 is 0 Å². The van der Waals surface area contributed by atoms with Crippen molar-refractivity contribution in [2.75, 3.05) is 13.6 Å². The predicted molar refractivity (Wildman–Crippen MR) is 50.3 cm³/mol. The van der Waals surface area contributed by atoms with Crippen molar-refractivity contribution < 1.29 is 0 Å². The van der Waals surface area contributed by atoms with Gasteiger partial charge in [0.05, 0.1) is 0 Å². The van der Waals surface area contributed by atoms with Crippen LogP contribution in [0, 0.1) is 5.92 Å². The number of fused-ring (bicyclic) bond motifs is 1. The fourth-order valence-electron chi connectivity index (χ4n) is 2.26. The minimum atomic E-state index is 0.719. The summed E-state index contributed by atoms with van der Waals surface area (Å²) in [6.45, 7) is 3.44. The summed E-state index contributed by atoms with van der Waals surface area (Å²) in [6, 6.07) is 0. The summed E-state index contributed by atoms with van der Waals surface area (Å²) in [5, 5.41) is 3.26. The first-order valence-electron chi connectivity index (χ1n) is 4.63. The van der Waals surface area contributed by atoms with Crippen molar-refractivity contribution in [1.29, 1.82) is 0 Å². The van der Waals surface area contributed by atoms with Crippen LogP contribution in [0.5, 0.6) is 0 Å². The second kappa shape index (κ2) is 2.94. The van der Waals surface area contributed by atoms with E-state index >= 15 is 0 Å². The number of aromatic nitrogens is 1. The summed E-state index contributed by atoms with van der Waals surface area (Å²) in [5.41, 5.74) is 3.04. The Morgan fingerprint density at radius 1 is 1.58 bits per heavy atom. The van der Waals surface area contributed by atoms with E-state index in [9.17, 15) is 0 Å². The third-order valence-corrected chi connectivity index (χ3v) is 2.92. The molecule has 2 nitrogen and oxygen atoms in total. The Balaban J connectivity index is 2.23. The molecular formula is C10H16N2. The van der Waals surface area contributed by atoms with Gasteiger partial charge in [-0.25, -0.2) is 0 Å². The van der Waals surface area contributed by atoms with Crippen LogP contribution in [0.1, 0.15) is 24.0 Å². The molecule has 0 spiro atoms. The number of nitrogens with one attached hydrogen (secondary N) is 2. The number of aromatic amines is 1. The SMILES string of the molecule is CNCC1c2c[nH]cc2CC1C. The van der Waals surface area contributed by atoms with E-state index in [-0.39, 0.29) is 0 Å². The fraction of sp³-hybridized carbons (Fsp3) is 0.600. The van der Waals surface area contributed by atoms with Crippen LogP contribution < -0.4 is 5.32 Å². The zero-order chi connectivity index (χ0) is 8.55. The first kappa shape index (κ1) is 7.87. The van der Waals surface area contributed by atoms with Crippen LogP contribution in [0.4, 0.5) is 0 Å². The number of H-pyrrole nitrogens is 1. The molecular weight excluding hydrogens is 148 g/mol. The third kappa shape index (κ3) is 1.07. The van der Waals surface area contributed by atoms with Crippen molar-refractivity contribution in [2.45, 2.75) is 19.3 Å². The van der Waals surface area contributed by atoms with E-state index in [1.165, 1.54) is 17.5 Å². The van der Waals surface area contributed by atoms with Crippen LogP contribution in [0.2, 0.25) is 0 Å². The van der Waals surface area contributed by atoms with Crippen molar-refractivity contribution in [3.8, 4) is 0 Å². The molecule has 0 bridgehead atoms. The Hall–Kier alpha value is -0.760. The lowest BCUT2D eigenvalue weighted by Gasteiger charge is -2.14. The molecule has 12 heavy (non-hydrogen) atoms. The molecule has 2 N–H and O–H groups in total. The highest BCUT2D eigenvalue weighted by atomic mass is 14.8. The molecule has 0 aliphatic heterocycles. The smallest absolute Gasteiger partial charge is 0.00436 e. The van der Waals surface area contributed by atoms with Gasteiger partial charge < -0.3 is 10.3 Å². The number of hydrogen-bond acceptors (Lipinski definition) is 1. The molecule has 1 aliphatic carbocycles. The number of hydrogen-bond donors (Lipinski definition) is 2. The Morgan fingerprint density at radius 2 is 2.42 bits per heavy atom. The van der Waals surface area contributed by atoms with Gasteiger partial charge in [-0.2, -0.15) is 0 Å². The zero-order valence-electron chi connectivity index (χ0n) is 7.72. The molecule has 0 aromatic carbocycles. The van der Waals surface area contributed by atoms with E-state index in [1.807, 2.05) is 7.05 Å². The monoisotopic (exact) mass is 164 g/mol. The van der Waals surface area contributed by atoms with Gasteiger partial charge in [0, 0.05) is 24.9 Å². The Bertz CT molecular complexity index is 265. The second-order valence-corrected chi connectivity index (χ2v) is 3.78. The average Bonchev–Trinajstić information content (AvgIpc) is 2.56. The van der Waals surface area contributed by atoms with Gasteiger partial charge in [-0.05, 0) is 30.5 Å². The van der Waals surface area contributed by atoms with Gasteiger partial charge in [-0.15, -0.1) is 0 Å². The van der Waals surface area contributed by atoms with E-state index in [2.05, 4.69) is 29.6 Å². The molecule has 66 valence electrons. The summed E-state index contributed by atoms with van der Waals surface area (Å²) in [6.07, 6.45) is 5.54. The Kier molecular flexibility index (Phi) is 1.93. The molecule has 2 atom stereocenters. The van der Waals surface area contributed by atoms with E-state index < -0.39 is 0 Å². The molecule has 1 heterocycles. The van der Waals surface area contributed by atoms with E-state index in [1.54, 1.807) is 0 Å². The minimum absolute atomic E-state index is 0.719. The van der Waals surface area contributed by atoms with E-state index in [4.69, 9.17) is 0 Å². The van der Waals surface area contributed by atoms with Gasteiger partial charge in [0.25, 0.3) is 0 Å². The molecule has 2 unspecified atom stereocenters. The predicted octanol–water partition coefficient (Wildman–Crippen LogP) is 1.51. The molecule has 0 radical (unpaired) electrons. The number of likely N-dealkylation sites (N-methyl/N-ethyl adjacent to an activating group) is 1. The van der Waals surface area contributed by atoms with Crippen molar-refractivity contribution in [2.24, 2.45) is 5.92 Å². The van der Waals surface area contributed by atoms with Crippen LogP contribution in [0.15, 0.2) is 12.4 Å². The van der Waals surface area contributed by atoms with Crippen LogP contribution in [-0.4, -0.2) is 18.6 Å². The summed E-state index contributed by atoms with van der Waals surface area (Å²) in [5.74, 6) is 1.52. The fourth-order valence-corrected chi connectivity index (χ4v) is 2.26. The van der Waals surface area contributed by atoms with Crippen molar-refractivity contribution >= 4 is 0 Å². The van der Waals surface area contributed by atoms with Crippen LogP contribution in [0.3, 0.4) is 0 Å². The van der Waals surface area contributed by atoms with E-state index in [0.29, 0.717) is 0 Å². The molecule has 0 amide bonds. The maximum absolute atomic E-state index is 3.26. The van der Waals surface area contributed by atoms with Crippen molar-refractivity contribution in [3.05, 3.63) is 23.5 Å². The van der Waals surface area contributed by atoms with Gasteiger partial charge in [-0.3, -0.25) is 0 Å². The molecule has 1 aromatic rings. The zero-order valence-corrected chi connectivity index (χ0v) is 7.72. The van der Waals surface area contributed by atoms with Crippen LogP contribution in [-0.2, 0) is 6.42 Å². The van der Waals surface area contributed by atoms with Crippen molar-refractivity contribution in [1.82, 2.24) is 10.3 Å². The average molecular weight is 164 g/mol. The highest BCUT2D eigenvalue weighted by Gasteiger charge is 2.28. The van der Waals surface area contributed by atoms with Gasteiger partial charge in [0.1, 0.15) is 0 Å². The molecule has 0 saturated heterocycles. The van der Waals surface area contributed by atoms with Gasteiger partial charge in [0.2, 0.25) is 0 Å². The molecule has 1 aromatic heterocycles. The highest BCUT2D eigenvalue weighted by Crippen LogP contribution is 2.36. The lowest BCUT2D eigenvalue weighted by molar-refractivity contribution is 0.478. The van der Waals surface area contributed by atoms with E-state index in [0.717, 1.165) is 18.4 Å². The van der Waals surface area contributed by atoms with Gasteiger partial charge in [0.15, 0.2) is 0 Å². The topological polar surface area (TPSA) is 27.8 Å². The Morgan fingerprint density at radius 3 is 3.17 bits per heavy atom. The quantitative estimate of drug-likeness (QED) is 0.681. The maximum Gasteiger partial charge on any atom is 0.00436 e. The molecule has 2 heteroatoms.